The number of nitrogens with zero attached hydrogens (tertiary/aromatic N) is 2. The van der Waals surface area contributed by atoms with Gasteiger partial charge in [-0.2, -0.15) is 0 Å². The molecule has 0 aliphatic heterocycles. The van der Waals surface area contributed by atoms with Crippen molar-refractivity contribution in [1.29, 1.82) is 0 Å². The molecule has 0 bridgehead atoms. The van der Waals surface area contributed by atoms with Gasteiger partial charge in [0.2, 0.25) is 0 Å². The van der Waals surface area contributed by atoms with Crippen LogP contribution in [0.5, 0.6) is 0 Å². The number of carbonyl (C=O) groups excluding carboxylic acids is 1. The Morgan fingerprint density at radius 3 is 2.61 bits per heavy atom. The fourth-order valence-electron chi connectivity index (χ4n) is 3.49. The molecule has 33 heavy (non-hydrogen) atoms. The maximum Gasteiger partial charge on any atom is 0.254 e. The van der Waals surface area contributed by atoms with Gasteiger partial charge in [-0.05, 0) is 48.4 Å². The summed E-state index contributed by atoms with van der Waals surface area (Å²) in [6.07, 6.45) is 3.12. The van der Waals surface area contributed by atoms with E-state index in [4.69, 9.17) is 10.3 Å². The predicted octanol–water partition coefficient (Wildman–Crippen LogP) is 4.04. The van der Waals surface area contributed by atoms with Crippen molar-refractivity contribution in [3.8, 4) is 22.3 Å². The molecule has 4 N–H and O–H groups in total. The number of aryl methyl sites for hydroxylation is 1. The monoisotopic (exact) mass is 450 g/mol. The number of amides is 1. The number of hydrogen-bond donors (Lipinski definition) is 3. The van der Waals surface area contributed by atoms with Crippen molar-refractivity contribution in [2.45, 2.75) is 13.0 Å². The number of benzene rings is 2. The molecular formula is C24H20F2N4O3. The SMILES string of the molecule is Cc1oncc1-c1cnc(N)c(-c2ccc(C(=O)N[C@H](CO)c3cccc(F)c3)c(F)c2)c1. The summed E-state index contributed by atoms with van der Waals surface area (Å²) in [7, 11) is 0. The molecular weight excluding hydrogens is 430 g/mol. The predicted molar refractivity (Wildman–Crippen MR) is 118 cm³/mol. The Hall–Kier alpha value is -4.11. The number of carbonyl (C=O) groups is 1. The van der Waals surface area contributed by atoms with Crippen LogP contribution in [0.25, 0.3) is 22.3 Å². The van der Waals surface area contributed by atoms with Gasteiger partial charge >= 0.3 is 0 Å². The zero-order valence-electron chi connectivity index (χ0n) is 17.5. The van der Waals surface area contributed by atoms with Gasteiger partial charge in [0, 0.05) is 22.9 Å². The maximum absolute atomic E-state index is 14.9. The fourth-order valence-corrected chi connectivity index (χ4v) is 3.49. The Morgan fingerprint density at radius 1 is 1.12 bits per heavy atom. The van der Waals surface area contributed by atoms with E-state index in [9.17, 15) is 18.7 Å². The normalized spacial score (nSPS) is 11.9. The van der Waals surface area contributed by atoms with Crippen molar-refractivity contribution < 1.29 is 23.2 Å². The first kappa shape index (κ1) is 22.1. The summed E-state index contributed by atoms with van der Waals surface area (Å²) in [5.74, 6) is -1.25. The van der Waals surface area contributed by atoms with Gasteiger partial charge in [0.1, 0.15) is 23.2 Å². The van der Waals surface area contributed by atoms with Crippen LogP contribution in [-0.4, -0.2) is 27.8 Å². The van der Waals surface area contributed by atoms with Crippen molar-refractivity contribution in [1.82, 2.24) is 15.5 Å². The first-order chi connectivity index (χ1) is 15.9. The number of aromatic nitrogens is 2. The molecule has 4 aromatic rings. The second-order valence-electron chi connectivity index (χ2n) is 7.41. The van der Waals surface area contributed by atoms with Crippen LogP contribution in [0.15, 0.2) is 65.4 Å². The molecule has 0 saturated carbocycles. The van der Waals surface area contributed by atoms with Crippen LogP contribution in [0.2, 0.25) is 0 Å². The summed E-state index contributed by atoms with van der Waals surface area (Å²) in [4.78, 5) is 16.8. The Kier molecular flexibility index (Phi) is 6.14. The molecule has 1 amide bonds. The van der Waals surface area contributed by atoms with E-state index in [2.05, 4.69) is 15.5 Å². The summed E-state index contributed by atoms with van der Waals surface area (Å²) in [5, 5.41) is 15.9. The minimum Gasteiger partial charge on any atom is -0.394 e. The second kappa shape index (κ2) is 9.17. The molecule has 0 saturated heterocycles. The van der Waals surface area contributed by atoms with E-state index in [-0.39, 0.29) is 11.4 Å². The molecule has 4 rings (SSSR count). The lowest BCUT2D eigenvalue weighted by atomic mass is 10.00. The molecule has 0 aliphatic carbocycles. The lowest BCUT2D eigenvalue weighted by molar-refractivity contribution is 0.0912. The summed E-state index contributed by atoms with van der Waals surface area (Å²) in [6, 6.07) is 10.4. The summed E-state index contributed by atoms with van der Waals surface area (Å²) in [6.45, 7) is 1.28. The van der Waals surface area contributed by atoms with Crippen LogP contribution < -0.4 is 11.1 Å². The zero-order valence-corrected chi connectivity index (χ0v) is 17.5. The summed E-state index contributed by atoms with van der Waals surface area (Å²) >= 11 is 0. The number of hydrogen-bond acceptors (Lipinski definition) is 6. The molecule has 0 radical (unpaired) electrons. The number of nitrogen functional groups attached to an aromatic ring is 1. The van der Waals surface area contributed by atoms with Crippen molar-refractivity contribution in [3.63, 3.8) is 0 Å². The van der Waals surface area contributed by atoms with Crippen molar-refractivity contribution in [3.05, 3.63) is 89.4 Å². The number of aliphatic hydroxyl groups is 1. The molecule has 1 atom stereocenters. The number of anilines is 1. The van der Waals surface area contributed by atoms with Crippen LogP contribution in [0.1, 0.15) is 27.7 Å². The van der Waals surface area contributed by atoms with Gasteiger partial charge in [-0.25, -0.2) is 13.8 Å². The third kappa shape index (κ3) is 4.58. The highest BCUT2D eigenvalue weighted by atomic mass is 19.1. The van der Waals surface area contributed by atoms with Gasteiger partial charge in [-0.15, -0.1) is 0 Å². The van der Waals surface area contributed by atoms with Crippen LogP contribution in [0.4, 0.5) is 14.6 Å². The van der Waals surface area contributed by atoms with Gasteiger partial charge in [-0.3, -0.25) is 4.79 Å². The lowest BCUT2D eigenvalue weighted by Crippen LogP contribution is -2.31. The molecule has 0 spiro atoms. The van der Waals surface area contributed by atoms with Crippen LogP contribution in [0, 0.1) is 18.6 Å². The van der Waals surface area contributed by atoms with Gasteiger partial charge < -0.3 is 20.7 Å². The van der Waals surface area contributed by atoms with Gasteiger partial charge in [0.15, 0.2) is 0 Å². The topological polar surface area (TPSA) is 114 Å². The second-order valence-corrected chi connectivity index (χ2v) is 7.41. The Morgan fingerprint density at radius 2 is 1.94 bits per heavy atom. The lowest BCUT2D eigenvalue weighted by Gasteiger charge is -2.17. The number of nitrogens with one attached hydrogen (secondary N) is 1. The smallest absolute Gasteiger partial charge is 0.254 e. The third-order valence-corrected chi connectivity index (χ3v) is 5.24. The first-order valence-corrected chi connectivity index (χ1v) is 10.0. The first-order valence-electron chi connectivity index (χ1n) is 10.0. The molecule has 0 fully saturated rings. The molecule has 7 nitrogen and oxygen atoms in total. The average molecular weight is 450 g/mol. The van der Waals surface area contributed by atoms with E-state index < -0.39 is 30.2 Å². The molecule has 0 aliphatic rings. The number of rotatable bonds is 6. The minimum atomic E-state index is -0.893. The molecule has 168 valence electrons. The maximum atomic E-state index is 14.9. The average Bonchev–Trinajstić information content (AvgIpc) is 3.23. The minimum absolute atomic E-state index is 0.191. The Bertz CT molecular complexity index is 1320. The van der Waals surface area contributed by atoms with E-state index in [1.807, 2.05) is 0 Å². The van der Waals surface area contributed by atoms with E-state index in [1.165, 1.54) is 30.3 Å². The van der Waals surface area contributed by atoms with Crippen LogP contribution in [0.3, 0.4) is 0 Å². The fraction of sp³-hybridized carbons (Fsp3) is 0.125. The number of aliphatic hydroxyl groups excluding tert-OH is 1. The molecule has 2 aromatic carbocycles. The molecule has 2 aromatic heterocycles. The third-order valence-electron chi connectivity index (χ3n) is 5.24. The number of nitrogens with two attached hydrogens (primary N) is 1. The summed E-state index contributed by atoms with van der Waals surface area (Å²) < 4.78 is 33.5. The van der Waals surface area contributed by atoms with Gasteiger partial charge in [0.25, 0.3) is 5.91 Å². The van der Waals surface area contributed by atoms with E-state index >= 15 is 0 Å². The van der Waals surface area contributed by atoms with E-state index in [0.717, 1.165) is 5.56 Å². The van der Waals surface area contributed by atoms with Crippen molar-refractivity contribution in [2.75, 3.05) is 12.3 Å². The number of halogens is 2. The highest BCUT2D eigenvalue weighted by molar-refractivity contribution is 5.95. The van der Waals surface area contributed by atoms with Gasteiger partial charge in [0.05, 0.1) is 24.4 Å². The molecule has 0 unspecified atom stereocenters. The quantitative estimate of drug-likeness (QED) is 0.409. The molecule has 9 heteroatoms. The highest BCUT2D eigenvalue weighted by Gasteiger charge is 2.19. The van der Waals surface area contributed by atoms with Crippen LogP contribution in [-0.2, 0) is 0 Å². The summed E-state index contributed by atoms with van der Waals surface area (Å²) in [5.41, 5.74) is 8.47. The largest absolute Gasteiger partial charge is 0.394 e. The Labute approximate surface area is 187 Å². The van der Waals surface area contributed by atoms with Crippen LogP contribution >= 0.6 is 0 Å². The van der Waals surface area contributed by atoms with Crippen molar-refractivity contribution in [2.24, 2.45) is 0 Å². The highest BCUT2D eigenvalue weighted by Crippen LogP contribution is 2.31. The standard InChI is InChI=1S/C24H20F2N4O3/c1-13-20(11-29-33-13)16-8-19(23(27)28-10-16)14-5-6-18(21(26)9-14)24(32)30-22(12-31)15-3-2-4-17(25)7-15/h2-11,22,31H,12H2,1H3,(H2,27,28)(H,30,32)/t22-/m1/s1. The van der Waals surface area contributed by atoms with Crippen molar-refractivity contribution >= 4 is 11.7 Å². The zero-order chi connectivity index (χ0) is 23.5. The van der Waals surface area contributed by atoms with E-state index in [1.54, 1.807) is 37.5 Å². The van der Waals surface area contributed by atoms with Gasteiger partial charge in [-0.1, -0.05) is 23.4 Å². The number of pyridine rings is 1. The van der Waals surface area contributed by atoms with E-state index in [0.29, 0.717) is 28.0 Å². The Balaban J connectivity index is 1.61. The molecule has 2 heterocycles.